The number of hydrogen-bond acceptors (Lipinski definition) is 5. The van der Waals surface area contributed by atoms with Gasteiger partial charge in [0.1, 0.15) is 4.90 Å². The average molecular weight is 383 g/mol. The van der Waals surface area contributed by atoms with Crippen LogP contribution in [0.1, 0.15) is 0 Å². The van der Waals surface area contributed by atoms with E-state index in [2.05, 4.69) is 15.9 Å². The average Bonchev–Trinajstić information content (AvgIpc) is 2.86. The largest absolute Gasteiger partial charge is 0.399 e. The summed E-state index contributed by atoms with van der Waals surface area (Å²) in [5.74, 6) is -0.862. The monoisotopic (exact) mass is 382 g/mol. The Bertz CT molecular complexity index is 628. The molecule has 2 rings (SSSR count). The first-order valence-corrected chi connectivity index (χ1v) is 8.34. The molecule has 118 valence electrons. The standard InChI is InChI=1S/C12H16BrFN2O4S/c1-19-9-5-16(6-10(9)20-2)21(17,18)11-4-7(15)3-8(13)12(11)14/h3-4,9-10H,5-6,15H2,1-2H3. The van der Waals surface area contributed by atoms with E-state index in [0.29, 0.717) is 0 Å². The van der Waals surface area contributed by atoms with Crippen molar-refractivity contribution < 1.29 is 22.3 Å². The fourth-order valence-corrected chi connectivity index (χ4v) is 4.47. The van der Waals surface area contributed by atoms with E-state index in [9.17, 15) is 12.8 Å². The highest BCUT2D eigenvalue weighted by atomic mass is 79.9. The number of sulfonamides is 1. The second-order valence-electron chi connectivity index (χ2n) is 4.69. The molecule has 0 saturated carbocycles. The summed E-state index contributed by atoms with van der Waals surface area (Å²) in [6.07, 6.45) is -0.783. The molecule has 1 saturated heterocycles. The SMILES string of the molecule is COC1CN(S(=O)(=O)c2cc(N)cc(Br)c2F)CC1OC. The predicted molar refractivity (Wildman–Crippen MR) is 78.9 cm³/mol. The van der Waals surface area contributed by atoms with E-state index in [1.54, 1.807) is 0 Å². The van der Waals surface area contributed by atoms with Crippen LogP contribution in [0.4, 0.5) is 10.1 Å². The Morgan fingerprint density at radius 3 is 2.29 bits per heavy atom. The second kappa shape index (κ2) is 6.17. The van der Waals surface area contributed by atoms with Crippen molar-refractivity contribution in [1.82, 2.24) is 4.31 Å². The molecule has 1 aliphatic rings. The number of methoxy groups -OCH3 is 2. The van der Waals surface area contributed by atoms with Gasteiger partial charge in [-0.25, -0.2) is 12.8 Å². The Morgan fingerprint density at radius 1 is 1.29 bits per heavy atom. The maximum atomic E-state index is 14.1. The molecule has 0 amide bonds. The third-order valence-electron chi connectivity index (χ3n) is 3.42. The van der Waals surface area contributed by atoms with Gasteiger partial charge in [0, 0.05) is 33.0 Å². The number of rotatable bonds is 4. The molecular weight excluding hydrogens is 367 g/mol. The number of nitrogens with zero attached hydrogens (tertiary/aromatic N) is 1. The van der Waals surface area contributed by atoms with Crippen molar-refractivity contribution in [2.24, 2.45) is 0 Å². The molecule has 1 aliphatic heterocycles. The van der Waals surface area contributed by atoms with Gasteiger partial charge in [0.15, 0.2) is 5.82 Å². The zero-order chi connectivity index (χ0) is 15.8. The molecule has 6 nitrogen and oxygen atoms in total. The fourth-order valence-electron chi connectivity index (χ4n) is 2.27. The summed E-state index contributed by atoms with van der Waals surface area (Å²) in [6, 6.07) is 2.42. The molecule has 0 aromatic heterocycles. The van der Waals surface area contributed by atoms with Gasteiger partial charge in [-0.15, -0.1) is 0 Å². The molecule has 0 bridgehead atoms. The van der Waals surface area contributed by atoms with E-state index >= 15 is 0 Å². The van der Waals surface area contributed by atoms with E-state index in [1.807, 2.05) is 0 Å². The highest BCUT2D eigenvalue weighted by Crippen LogP contribution is 2.30. The Hall–Kier alpha value is -0.740. The molecule has 1 heterocycles. The van der Waals surface area contributed by atoms with Crippen LogP contribution < -0.4 is 5.73 Å². The quantitative estimate of drug-likeness (QED) is 0.791. The molecule has 1 aromatic carbocycles. The van der Waals surface area contributed by atoms with Crippen LogP contribution in [-0.2, 0) is 19.5 Å². The summed E-state index contributed by atoms with van der Waals surface area (Å²) in [4.78, 5) is -0.457. The van der Waals surface area contributed by atoms with E-state index in [4.69, 9.17) is 15.2 Å². The van der Waals surface area contributed by atoms with Crippen LogP contribution in [0.5, 0.6) is 0 Å². The molecule has 0 radical (unpaired) electrons. The van der Waals surface area contributed by atoms with Gasteiger partial charge < -0.3 is 15.2 Å². The van der Waals surface area contributed by atoms with Gasteiger partial charge in [0.2, 0.25) is 10.0 Å². The zero-order valence-corrected chi connectivity index (χ0v) is 13.9. The number of hydrogen-bond donors (Lipinski definition) is 1. The van der Waals surface area contributed by atoms with Crippen molar-refractivity contribution in [1.29, 1.82) is 0 Å². The van der Waals surface area contributed by atoms with Crippen LogP contribution >= 0.6 is 15.9 Å². The summed E-state index contributed by atoms with van der Waals surface area (Å²) < 4.78 is 50.8. The normalized spacial score (nSPS) is 23.6. The lowest BCUT2D eigenvalue weighted by Crippen LogP contribution is -2.31. The van der Waals surface area contributed by atoms with Crippen molar-refractivity contribution in [3.8, 4) is 0 Å². The van der Waals surface area contributed by atoms with E-state index in [-0.39, 0.29) is 23.2 Å². The fraction of sp³-hybridized carbons (Fsp3) is 0.500. The Balaban J connectivity index is 2.40. The summed E-state index contributed by atoms with van der Waals surface area (Å²) in [5.41, 5.74) is 5.76. The van der Waals surface area contributed by atoms with Crippen molar-refractivity contribution in [2.75, 3.05) is 33.0 Å². The van der Waals surface area contributed by atoms with Gasteiger partial charge in [-0.2, -0.15) is 4.31 Å². The minimum absolute atomic E-state index is 0.00635. The van der Waals surface area contributed by atoms with Crippen LogP contribution in [0.15, 0.2) is 21.5 Å². The van der Waals surface area contributed by atoms with Crippen molar-refractivity contribution >= 4 is 31.6 Å². The number of halogens is 2. The van der Waals surface area contributed by atoms with Crippen LogP contribution in [0.3, 0.4) is 0 Å². The van der Waals surface area contributed by atoms with Crippen molar-refractivity contribution in [2.45, 2.75) is 17.1 Å². The Kier molecular flexibility index (Phi) is 4.89. The molecule has 9 heteroatoms. The molecule has 2 N–H and O–H groups in total. The van der Waals surface area contributed by atoms with Gasteiger partial charge in [0.05, 0.1) is 16.7 Å². The maximum Gasteiger partial charge on any atom is 0.246 e. The third kappa shape index (κ3) is 3.07. The summed E-state index contributed by atoms with van der Waals surface area (Å²) in [6.45, 7) is 0.201. The summed E-state index contributed by atoms with van der Waals surface area (Å²) >= 11 is 2.96. The van der Waals surface area contributed by atoms with Crippen LogP contribution in [0.2, 0.25) is 0 Å². The van der Waals surface area contributed by atoms with Gasteiger partial charge in [0.25, 0.3) is 0 Å². The number of nitrogen functional groups attached to an aromatic ring is 1. The number of nitrogens with two attached hydrogens (primary N) is 1. The molecule has 2 atom stereocenters. The second-order valence-corrected chi connectivity index (χ2v) is 7.45. The van der Waals surface area contributed by atoms with Crippen molar-refractivity contribution in [3.63, 3.8) is 0 Å². The van der Waals surface area contributed by atoms with E-state index in [0.717, 1.165) is 10.4 Å². The number of benzene rings is 1. The summed E-state index contributed by atoms with van der Waals surface area (Å²) in [5, 5.41) is 0. The lowest BCUT2D eigenvalue weighted by Gasteiger charge is -2.17. The molecule has 1 fully saturated rings. The van der Waals surface area contributed by atoms with Crippen LogP contribution in [-0.4, -0.2) is 52.2 Å². The first-order valence-electron chi connectivity index (χ1n) is 6.11. The van der Waals surface area contributed by atoms with Crippen LogP contribution in [0, 0.1) is 5.82 Å². The van der Waals surface area contributed by atoms with E-state index in [1.165, 1.54) is 20.3 Å². The van der Waals surface area contributed by atoms with Gasteiger partial charge >= 0.3 is 0 Å². The van der Waals surface area contributed by atoms with Gasteiger partial charge in [-0.1, -0.05) is 0 Å². The van der Waals surface area contributed by atoms with E-state index < -0.39 is 32.9 Å². The summed E-state index contributed by atoms with van der Waals surface area (Å²) in [7, 11) is -1.06. The first-order chi connectivity index (χ1) is 9.81. The molecule has 0 aliphatic carbocycles. The molecule has 1 aromatic rings. The number of anilines is 1. The van der Waals surface area contributed by atoms with Crippen LogP contribution in [0.25, 0.3) is 0 Å². The lowest BCUT2D eigenvalue weighted by atomic mass is 10.3. The Labute approximate surface area is 131 Å². The predicted octanol–water partition coefficient (Wildman–Crippen LogP) is 1.20. The minimum atomic E-state index is -4.01. The zero-order valence-electron chi connectivity index (χ0n) is 11.5. The maximum absolute atomic E-state index is 14.1. The smallest absolute Gasteiger partial charge is 0.246 e. The molecule has 0 spiro atoms. The number of ether oxygens (including phenoxy) is 2. The van der Waals surface area contributed by atoms with Crippen molar-refractivity contribution in [3.05, 3.63) is 22.4 Å². The molecular formula is C12H16BrFN2O4S. The van der Waals surface area contributed by atoms with Gasteiger partial charge in [-0.3, -0.25) is 0 Å². The topological polar surface area (TPSA) is 81.9 Å². The highest BCUT2D eigenvalue weighted by Gasteiger charge is 2.41. The lowest BCUT2D eigenvalue weighted by molar-refractivity contribution is -0.00461. The first kappa shape index (κ1) is 16.6. The molecule has 2 unspecified atom stereocenters. The van der Waals surface area contributed by atoms with Gasteiger partial charge in [-0.05, 0) is 28.1 Å². The molecule has 21 heavy (non-hydrogen) atoms. The highest BCUT2D eigenvalue weighted by molar-refractivity contribution is 9.10. The minimum Gasteiger partial charge on any atom is -0.399 e. The Morgan fingerprint density at radius 2 is 1.81 bits per heavy atom. The third-order valence-corrected chi connectivity index (χ3v) is 5.83.